The molecule has 3 fully saturated rings. The predicted molar refractivity (Wildman–Crippen MR) is 101 cm³/mol. The number of likely N-dealkylation sites (tertiary alicyclic amines) is 1. The molecule has 2 unspecified atom stereocenters. The van der Waals surface area contributed by atoms with Gasteiger partial charge >= 0.3 is 0 Å². The lowest BCUT2D eigenvalue weighted by molar-refractivity contribution is 0.0391. The fourth-order valence-corrected chi connectivity index (χ4v) is 6.34. The van der Waals surface area contributed by atoms with Gasteiger partial charge in [0.2, 0.25) is 0 Å². The van der Waals surface area contributed by atoms with Crippen LogP contribution in [0.5, 0.6) is 0 Å². The van der Waals surface area contributed by atoms with Crippen molar-refractivity contribution in [2.45, 2.75) is 89.0 Å². The normalized spacial score (nSPS) is 29.1. The van der Waals surface area contributed by atoms with Gasteiger partial charge in [0.15, 0.2) is 0 Å². The molecule has 0 N–H and O–H groups in total. The van der Waals surface area contributed by atoms with Crippen LogP contribution in [0.3, 0.4) is 0 Å². The van der Waals surface area contributed by atoms with E-state index in [0.717, 1.165) is 18.0 Å². The Hall–Kier alpha value is -0.830. The van der Waals surface area contributed by atoms with Gasteiger partial charge in [-0.1, -0.05) is 38.5 Å². The van der Waals surface area contributed by atoms with E-state index in [4.69, 9.17) is 0 Å². The summed E-state index contributed by atoms with van der Waals surface area (Å²) in [4.78, 5) is 16.9. The van der Waals surface area contributed by atoms with Crippen LogP contribution in [0.1, 0.15) is 98.2 Å². The third-order valence-electron chi connectivity index (χ3n) is 6.63. The number of thiophene rings is 1. The van der Waals surface area contributed by atoms with Gasteiger partial charge in [-0.05, 0) is 56.4 Å². The number of carbonyl (C=O) groups is 1. The number of carbonyl (C=O) groups excluding carboxylic acids is 1. The van der Waals surface area contributed by atoms with E-state index in [1.165, 1.54) is 81.9 Å². The van der Waals surface area contributed by atoms with Crippen LogP contribution in [0.4, 0.5) is 0 Å². The number of piperidine rings is 1. The summed E-state index contributed by atoms with van der Waals surface area (Å²) in [7, 11) is 0. The molecule has 0 radical (unpaired) electrons. The van der Waals surface area contributed by atoms with Crippen LogP contribution < -0.4 is 0 Å². The van der Waals surface area contributed by atoms with Crippen LogP contribution in [-0.4, -0.2) is 23.4 Å². The molecule has 0 spiro atoms. The van der Waals surface area contributed by atoms with Gasteiger partial charge in [0, 0.05) is 22.8 Å². The van der Waals surface area contributed by atoms with Crippen molar-refractivity contribution in [2.24, 2.45) is 5.92 Å². The molecule has 2 heterocycles. The first-order valence-corrected chi connectivity index (χ1v) is 11.1. The maximum atomic E-state index is 13.2. The first-order valence-electron chi connectivity index (χ1n) is 10.2. The average molecular weight is 346 g/mol. The zero-order valence-corrected chi connectivity index (χ0v) is 15.7. The molecule has 2 saturated carbocycles. The van der Waals surface area contributed by atoms with Gasteiger partial charge in [-0.15, -0.1) is 11.3 Å². The molecular formula is C21H31NOS. The summed E-state index contributed by atoms with van der Waals surface area (Å²) >= 11 is 1.84. The Labute approximate surface area is 150 Å². The molecule has 1 aromatic rings. The molecule has 4 rings (SSSR count). The van der Waals surface area contributed by atoms with Crippen molar-refractivity contribution >= 4 is 17.2 Å². The number of hydrogen-bond acceptors (Lipinski definition) is 2. The number of nitrogens with zero attached hydrogens (tertiary/aromatic N) is 1. The summed E-state index contributed by atoms with van der Waals surface area (Å²) in [5.41, 5.74) is 0.977. The first kappa shape index (κ1) is 16.6. The van der Waals surface area contributed by atoms with Gasteiger partial charge in [-0.25, -0.2) is 0 Å². The fourth-order valence-electron chi connectivity index (χ4n) is 5.29. The Balaban J connectivity index is 1.47. The first-order chi connectivity index (χ1) is 11.8. The van der Waals surface area contributed by atoms with E-state index < -0.39 is 0 Å². The minimum Gasteiger partial charge on any atom is -0.335 e. The van der Waals surface area contributed by atoms with Crippen molar-refractivity contribution < 1.29 is 4.79 Å². The lowest BCUT2D eigenvalue weighted by Gasteiger charge is -2.44. The molecule has 1 aromatic heterocycles. The molecule has 1 saturated heterocycles. The van der Waals surface area contributed by atoms with Crippen molar-refractivity contribution in [2.75, 3.05) is 6.54 Å². The van der Waals surface area contributed by atoms with E-state index in [2.05, 4.69) is 16.3 Å². The molecule has 132 valence electrons. The topological polar surface area (TPSA) is 20.3 Å². The zero-order chi connectivity index (χ0) is 16.4. The van der Waals surface area contributed by atoms with Gasteiger partial charge < -0.3 is 4.90 Å². The Morgan fingerprint density at radius 2 is 1.62 bits per heavy atom. The second-order valence-corrected chi connectivity index (χ2v) is 9.12. The summed E-state index contributed by atoms with van der Waals surface area (Å²) < 4.78 is 0. The molecule has 24 heavy (non-hydrogen) atoms. The predicted octanol–water partition coefficient (Wildman–Crippen LogP) is 5.98. The van der Waals surface area contributed by atoms with Crippen molar-refractivity contribution in [3.05, 3.63) is 21.9 Å². The Bertz CT molecular complexity index is 556. The van der Waals surface area contributed by atoms with E-state index in [9.17, 15) is 4.79 Å². The van der Waals surface area contributed by atoms with Crippen LogP contribution in [0.2, 0.25) is 0 Å². The van der Waals surface area contributed by atoms with Gasteiger partial charge in [0.1, 0.15) is 0 Å². The number of rotatable bonds is 2. The minimum absolute atomic E-state index is 0.322. The summed E-state index contributed by atoms with van der Waals surface area (Å²) in [5.74, 6) is 1.81. The lowest BCUT2D eigenvalue weighted by Crippen LogP contribution is -2.49. The molecule has 3 aliphatic rings. The maximum Gasteiger partial charge on any atom is 0.254 e. The summed E-state index contributed by atoms with van der Waals surface area (Å²) in [6, 6.07) is 2.77. The van der Waals surface area contributed by atoms with Gasteiger partial charge in [-0.3, -0.25) is 4.79 Å². The van der Waals surface area contributed by atoms with Gasteiger partial charge in [-0.2, -0.15) is 0 Å². The highest BCUT2D eigenvalue weighted by atomic mass is 32.1. The third kappa shape index (κ3) is 3.42. The molecule has 2 nitrogen and oxygen atoms in total. The Morgan fingerprint density at radius 1 is 0.917 bits per heavy atom. The zero-order valence-electron chi connectivity index (χ0n) is 14.8. The summed E-state index contributed by atoms with van der Waals surface area (Å²) in [6.07, 6.45) is 15.9. The third-order valence-corrected chi connectivity index (χ3v) is 7.72. The second-order valence-electron chi connectivity index (χ2n) is 8.18. The molecule has 2 aliphatic carbocycles. The standard InChI is InChI=1S/C21H31NOS/c23-21(22-13-7-11-16-8-5-6-12-19(16)22)18-14-20(24-15-18)17-9-3-1-2-4-10-17/h14-17,19H,1-13H2. The van der Waals surface area contributed by atoms with Crippen LogP contribution in [0.25, 0.3) is 0 Å². The number of fused-ring (bicyclic) bond motifs is 1. The van der Waals surface area contributed by atoms with E-state index >= 15 is 0 Å². The Kier molecular flexibility index (Phi) is 5.26. The monoisotopic (exact) mass is 345 g/mol. The molecule has 1 aliphatic heterocycles. The SMILES string of the molecule is O=C(c1csc(C2CCCCCC2)c1)N1CCCC2CCCCC21. The highest BCUT2D eigenvalue weighted by Crippen LogP contribution is 2.38. The molecule has 0 aromatic carbocycles. The van der Waals surface area contributed by atoms with Crippen molar-refractivity contribution in [3.63, 3.8) is 0 Å². The summed E-state index contributed by atoms with van der Waals surface area (Å²) in [6.45, 7) is 0.981. The van der Waals surface area contributed by atoms with E-state index in [1.54, 1.807) is 0 Å². The van der Waals surface area contributed by atoms with Crippen molar-refractivity contribution in [1.29, 1.82) is 0 Å². The lowest BCUT2D eigenvalue weighted by atomic mass is 9.78. The van der Waals surface area contributed by atoms with Crippen LogP contribution in [0.15, 0.2) is 11.4 Å². The quantitative estimate of drug-likeness (QED) is 0.604. The Morgan fingerprint density at radius 3 is 2.46 bits per heavy atom. The molecule has 2 atom stereocenters. The minimum atomic E-state index is 0.322. The largest absolute Gasteiger partial charge is 0.335 e. The van der Waals surface area contributed by atoms with E-state index in [1.807, 2.05) is 11.3 Å². The van der Waals surface area contributed by atoms with Crippen molar-refractivity contribution in [1.82, 2.24) is 4.90 Å². The van der Waals surface area contributed by atoms with E-state index in [0.29, 0.717) is 17.9 Å². The number of hydrogen-bond donors (Lipinski definition) is 0. The van der Waals surface area contributed by atoms with Crippen LogP contribution >= 0.6 is 11.3 Å². The highest BCUT2D eigenvalue weighted by molar-refractivity contribution is 7.10. The number of amides is 1. The molecular weight excluding hydrogens is 314 g/mol. The van der Waals surface area contributed by atoms with Gasteiger partial charge in [0.25, 0.3) is 5.91 Å². The van der Waals surface area contributed by atoms with Crippen LogP contribution in [-0.2, 0) is 0 Å². The smallest absolute Gasteiger partial charge is 0.254 e. The maximum absolute atomic E-state index is 13.2. The van der Waals surface area contributed by atoms with E-state index in [-0.39, 0.29) is 0 Å². The van der Waals surface area contributed by atoms with Crippen molar-refractivity contribution in [3.8, 4) is 0 Å². The molecule has 3 heteroatoms. The fraction of sp³-hybridized carbons (Fsp3) is 0.762. The molecule has 1 amide bonds. The summed E-state index contributed by atoms with van der Waals surface area (Å²) in [5, 5.41) is 2.15. The second kappa shape index (κ2) is 7.59. The van der Waals surface area contributed by atoms with Crippen LogP contribution in [0, 0.1) is 5.92 Å². The highest BCUT2D eigenvalue weighted by Gasteiger charge is 2.36. The average Bonchev–Trinajstić information content (AvgIpc) is 2.96. The molecule has 0 bridgehead atoms. The van der Waals surface area contributed by atoms with Gasteiger partial charge in [0.05, 0.1) is 5.56 Å².